The number of halogens is 1. The van der Waals surface area contributed by atoms with E-state index >= 15 is 0 Å². The van der Waals surface area contributed by atoms with E-state index in [1.807, 2.05) is 0 Å². The van der Waals surface area contributed by atoms with Crippen LogP contribution in [0.5, 0.6) is 0 Å². The van der Waals surface area contributed by atoms with Gasteiger partial charge in [-0.1, -0.05) is 23.4 Å². The molecule has 0 unspecified atom stereocenters. The van der Waals surface area contributed by atoms with Gasteiger partial charge in [0.2, 0.25) is 0 Å². The summed E-state index contributed by atoms with van der Waals surface area (Å²) in [5.74, 6) is -0.662. The van der Waals surface area contributed by atoms with E-state index in [1.54, 1.807) is 19.1 Å². The Bertz CT molecular complexity index is 1000. The maximum Gasteiger partial charge on any atom is 0.316 e. The number of nitrogens with zero attached hydrogens (tertiary/aromatic N) is 2. The first kappa shape index (κ1) is 19.4. The monoisotopic (exact) mass is 436 g/mol. The highest BCUT2D eigenvalue weighted by Gasteiger charge is 2.40. The van der Waals surface area contributed by atoms with E-state index in [9.17, 15) is 14.4 Å². The number of benzene rings is 1. The number of carbonyl (C=O) groups is 3. The number of amides is 2. The number of esters is 1. The second kappa shape index (κ2) is 7.85. The largest absolute Gasteiger partial charge is 0.465 e. The summed E-state index contributed by atoms with van der Waals surface area (Å²) in [6.07, 6.45) is 3.13. The van der Waals surface area contributed by atoms with E-state index in [-0.39, 0.29) is 23.5 Å². The normalized spacial score (nSPS) is 16.9. The number of thiazole rings is 1. The molecule has 2 aromatic rings. The van der Waals surface area contributed by atoms with Gasteiger partial charge in [-0.15, -0.1) is 11.3 Å². The van der Waals surface area contributed by atoms with E-state index in [0.717, 1.165) is 17.5 Å². The minimum atomic E-state index is -0.296. The van der Waals surface area contributed by atoms with Crippen LogP contribution in [0, 0.1) is 0 Å². The summed E-state index contributed by atoms with van der Waals surface area (Å²) in [4.78, 5) is 42.8. The summed E-state index contributed by atoms with van der Waals surface area (Å²) in [5, 5.41) is 0.333. The maximum atomic E-state index is 12.8. The summed E-state index contributed by atoms with van der Waals surface area (Å²) in [6.45, 7) is 2.10. The summed E-state index contributed by atoms with van der Waals surface area (Å²) in [6, 6.07) is 3.40. The number of anilines is 1. The first-order chi connectivity index (χ1) is 13.5. The molecule has 1 aliphatic heterocycles. The topological polar surface area (TPSA) is 76.6 Å². The number of fused-ring (bicyclic) bond motifs is 1. The highest BCUT2D eigenvalue weighted by atomic mass is 35.5. The number of ether oxygens (including phenoxy) is 1. The van der Waals surface area contributed by atoms with E-state index in [1.165, 1.54) is 28.0 Å². The van der Waals surface area contributed by atoms with Crippen molar-refractivity contribution >= 4 is 68.4 Å². The predicted molar refractivity (Wildman–Crippen MR) is 110 cm³/mol. The molecule has 0 saturated heterocycles. The molecule has 1 aliphatic carbocycles. The van der Waals surface area contributed by atoms with Crippen LogP contribution >= 0.6 is 34.7 Å². The van der Waals surface area contributed by atoms with Gasteiger partial charge in [0.1, 0.15) is 0 Å². The van der Waals surface area contributed by atoms with Crippen LogP contribution in [0.15, 0.2) is 27.6 Å². The second-order valence-electron chi connectivity index (χ2n) is 6.45. The Hall–Kier alpha value is -1.90. The summed E-state index contributed by atoms with van der Waals surface area (Å²) >= 11 is 9.12. The molecule has 2 heterocycles. The van der Waals surface area contributed by atoms with Gasteiger partial charge in [-0.2, -0.15) is 0 Å². The van der Waals surface area contributed by atoms with Gasteiger partial charge in [-0.05, 0) is 44.7 Å². The van der Waals surface area contributed by atoms with Crippen molar-refractivity contribution in [2.24, 2.45) is 0 Å². The van der Waals surface area contributed by atoms with Crippen LogP contribution in [0.2, 0.25) is 5.02 Å². The lowest BCUT2D eigenvalue weighted by molar-refractivity contribution is -0.139. The van der Waals surface area contributed by atoms with Crippen molar-refractivity contribution in [3.05, 3.63) is 28.3 Å². The van der Waals surface area contributed by atoms with Gasteiger partial charge in [0.15, 0.2) is 4.34 Å². The average molecular weight is 437 g/mol. The van der Waals surface area contributed by atoms with E-state index in [4.69, 9.17) is 16.3 Å². The highest BCUT2D eigenvalue weighted by Crippen LogP contribution is 2.41. The first-order valence-corrected chi connectivity index (χ1v) is 11.2. The molecule has 146 valence electrons. The maximum absolute atomic E-state index is 12.8. The molecule has 4 rings (SSSR count). The second-order valence-corrected chi connectivity index (χ2v) is 9.12. The van der Waals surface area contributed by atoms with Crippen molar-refractivity contribution in [1.82, 2.24) is 4.98 Å². The molecule has 0 spiro atoms. The Morgan fingerprint density at radius 1 is 1.25 bits per heavy atom. The molecule has 6 nitrogen and oxygen atoms in total. The predicted octanol–water partition coefficient (Wildman–Crippen LogP) is 4.35. The van der Waals surface area contributed by atoms with E-state index in [0.29, 0.717) is 51.2 Å². The van der Waals surface area contributed by atoms with Crippen molar-refractivity contribution in [2.45, 2.75) is 36.9 Å². The zero-order valence-electron chi connectivity index (χ0n) is 15.1. The van der Waals surface area contributed by atoms with Crippen LogP contribution in [0.25, 0.3) is 10.2 Å². The van der Waals surface area contributed by atoms with Gasteiger partial charge >= 0.3 is 5.97 Å². The molecule has 0 saturated carbocycles. The Balaban J connectivity index is 1.62. The molecule has 9 heteroatoms. The number of aromatic nitrogens is 1. The quantitative estimate of drug-likeness (QED) is 0.394. The first-order valence-electron chi connectivity index (χ1n) is 8.99. The minimum Gasteiger partial charge on any atom is -0.465 e. The highest BCUT2D eigenvalue weighted by molar-refractivity contribution is 8.01. The number of hydrogen-bond donors (Lipinski definition) is 0. The third-order valence-corrected chi connectivity index (χ3v) is 7.12. The third-order valence-electron chi connectivity index (χ3n) is 4.69. The Morgan fingerprint density at radius 3 is 2.57 bits per heavy atom. The number of imide groups is 1. The van der Waals surface area contributed by atoms with Crippen molar-refractivity contribution in [1.29, 1.82) is 0 Å². The molecule has 0 fully saturated rings. The van der Waals surface area contributed by atoms with Gasteiger partial charge < -0.3 is 4.74 Å². The van der Waals surface area contributed by atoms with Crippen molar-refractivity contribution in [3.8, 4) is 0 Å². The van der Waals surface area contributed by atoms with Crippen LogP contribution in [0.4, 0.5) is 5.69 Å². The molecule has 0 atom stereocenters. The fourth-order valence-electron chi connectivity index (χ4n) is 3.43. The Kier molecular flexibility index (Phi) is 5.44. The molecule has 28 heavy (non-hydrogen) atoms. The lowest BCUT2D eigenvalue weighted by Crippen LogP contribution is -2.31. The van der Waals surface area contributed by atoms with Crippen LogP contribution in [0.3, 0.4) is 0 Å². The van der Waals surface area contributed by atoms with Crippen LogP contribution in [-0.2, 0) is 19.1 Å². The van der Waals surface area contributed by atoms with Gasteiger partial charge in [0.05, 0.1) is 33.3 Å². The fourth-order valence-corrected chi connectivity index (χ4v) is 5.63. The molecular weight excluding hydrogens is 420 g/mol. The Morgan fingerprint density at radius 2 is 1.93 bits per heavy atom. The third kappa shape index (κ3) is 3.44. The Labute approximate surface area is 174 Å². The molecule has 0 radical (unpaired) electrons. The van der Waals surface area contributed by atoms with Crippen LogP contribution < -0.4 is 4.90 Å². The zero-order valence-corrected chi connectivity index (χ0v) is 17.5. The molecule has 1 aromatic carbocycles. The molecule has 1 aromatic heterocycles. The number of thioether (sulfide) groups is 1. The van der Waals surface area contributed by atoms with Crippen LogP contribution in [0.1, 0.15) is 32.6 Å². The van der Waals surface area contributed by atoms with Crippen LogP contribution in [-0.4, -0.2) is 35.1 Å². The van der Waals surface area contributed by atoms with Crippen molar-refractivity contribution in [3.63, 3.8) is 0 Å². The molecule has 0 N–H and O–H groups in total. The number of hydrogen-bond acceptors (Lipinski definition) is 7. The average Bonchev–Trinajstić information content (AvgIpc) is 3.18. The van der Waals surface area contributed by atoms with Gasteiger partial charge in [-0.25, -0.2) is 9.88 Å². The van der Waals surface area contributed by atoms with Crippen molar-refractivity contribution < 1.29 is 19.1 Å². The lowest BCUT2D eigenvalue weighted by Gasteiger charge is -2.16. The molecule has 2 aliphatic rings. The standard InChI is InChI=1S/C19H17ClN2O4S2/c1-2-26-16(23)9-27-19-21-13-8-14(12(20)7-15(13)28-19)22-17(24)10-5-3-4-6-11(10)18(22)25/h7-8H,2-6,9H2,1H3. The van der Waals surface area contributed by atoms with Gasteiger partial charge in [-0.3, -0.25) is 14.4 Å². The number of carbonyl (C=O) groups excluding carboxylic acids is 3. The smallest absolute Gasteiger partial charge is 0.316 e. The minimum absolute atomic E-state index is 0.175. The molecular formula is C19H17ClN2O4S2. The van der Waals surface area contributed by atoms with Gasteiger partial charge in [0, 0.05) is 11.1 Å². The molecule has 0 bridgehead atoms. The van der Waals surface area contributed by atoms with E-state index < -0.39 is 0 Å². The SMILES string of the molecule is CCOC(=O)CSc1nc2cc(N3C(=O)C4=C(CCCC4)C3=O)c(Cl)cc2s1. The van der Waals surface area contributed by atoms with Crippen molar-refractivity contribution in [2.75, 3.05) is 17.3 Å². The molecule has 2 amide bonds. The fraction of sp³-hybridized carbons (Fsp3) is 0.368. The van der Waals surface area contributed by atoms with E-state index in [2.05, 4.69) is 4.98 Å². The zero-order chi connectivity index (χ0) is 19.8. The van der Waals surface area contributed by atoms with Gasteiger partial charge in [0.25, 0.3) is 11.8 Å². The summed E-state index contributed by atoms with van der Waals surface area (Å²) in [5.41, 5.74) is 2.25. The summed E-state index contributed by atoms with van der Waals surface area (Å²) in [7, 11) is 0. The summed E-state index contributed by atoms with van der Waals surface area (Å²) < 4.78 is 6.46. The lowest BCUT2D eigenvalue weighted by atomic mass is 9.93. The number of rotatable bonds is 5.